The molecule has 9 nitrogen and oxygen atoms in total. The van der Waals surface area contributed by atoms with Crippen LogP contribution in [-0.2, 0) is 21.4 Å². The van der Waals surface area contributed by atoms with Gasteiger partial charge in [0.05, 0.1) is 30.2 Å². The number of anilines is 3. The molecule has 5 N–H and O–H groups in total. The van der Waals surface area contributed by atoms with Gasteiger partial charge in [-0.25, -0.2) is 22.5 Å². The van der Waals surface area contributed by atoms with Crippen molar-refractivity contribution in [2.24, 2.45) is 11.7 Å². The number of aromatic nitrogens is 1. The molecule has 0 atom stereocenters. The summed E-state index contributed by atoms with van der Waals surface area (Å²) in [6.07, 6.45) is 0.492. The highest BCUT2D eigenvalue weighted by Crippen LogP contribution is 2.32. The number of carbonyl (C=O) groups is 1. The number of primary amides is 1. The van der Waals surface area contributed by atoms with E-state index in [1.165, 1.54) is 12.1 Å². The third-order valence-electron chi connectivity index (χ3n) is 5.59. The maximum absolute atomic E-state index is 15.1. The van der Waals surface area contributed by atoms with Gasteiger partial charge < -0.3 is 15.8 Å². The van der Waals surface area contributed by atoms with Crippen molar-refractivity contribution in [3.8, 4) is 0 Å². The van der Waals surface area contributed by atoms with E-state index < -0.39 is 68.4 Å². The second-order valence-corrected chi connectivity index (χ2v) is 11.1. The van der Waals surface area contributed by atoms with Gasteiger partial charge in [-0.2, -0.15) is 13.1 Å². The number of ether oxygens (including phenoxy) is 1. The summed E-state index contributed by atoms with van der Waals surface area (Å²) >= 11 is 1.86. The van der Waals surface area contributed by atoms with Crippen LogP contribution in [-0.4, -0.2) is 39.1 Å². The van der Waals surface area contributed by atoms with Crippen molar-refractivity contribution >= 4 is 55.9 Å². The quantitative estimate of drug-likeness (QED) is 0.193. The van der Waals surface area contributed by atoms with Gasteiger partial charge in [0.25, 0.3) is 16.1 Å². The number of pyridine rings is 1. The van der Waals surface area contributed by atoms with E-state index >= 15 is 13.2 Å². The van der Waals surface area contributed by atoms with Crippen molar-refractivity contribution in [2.75, 3.05) is 29.8 Å². The zero-order chi connectivity index (χ0) is 27.6. The lowest BCUT2D eigenvalue weighted by molar-refractivity contribution is -0.0283. The molecule has 15 heteroatoms. The zero-order valence-electron chi connectivity index (χ0n) is 19.3. The number of carbonyl (C=O) groups excluding carboxylic acids is 1. The molecule has 1 aromatic heterocycles. The van der Waals surface area contributed by atoms with Gasteiger partial charge in [-0.05, 0) is 64.0 Å². The predicted octanol–water partition coefficient (Wildman–Crippen LogP) is 3.57. The van der Waals surface area contributed by atoms with Crippen LogP contribution in [0.3, 0.4) is 0 Å². The summed E-state index contributed by atoms with van der Waals surface area (Å²) in [4.78, 5) is 15.7. The first-order valence-corrected chi connectivity index (χ1v) is 13.5. The van der Waals surface area contributed by atoms with Crippen molar-refractivity contribution in [1.29, 1.82) is 0 Å². The molecule has 0 saturated carbocycles. The molecule has 2 aromatic carbocycles. The number of rotatable bonds is 10. The molecule has 202 valence electrons. The first-order chi connectivity index (χ1) is 17.9. The Bertz CT molecular complexity index is 1510. The summed E-state index contributed by atoms with van der Waals surface area (Å²) in [5, 5.41) is 2.35. The molecule has 0 spiro atoms. The Morgan fingerprint density at radius 1 is 1.08 bits per heavy atom. The highest BCUT2D eigenvalue weighted by Gasteiger charge is 2.25. The van der Waals surface area contributed by atoms with E-state index in [2.05, 4.69) is 15.0 Å². The maximum Gasteiger partial charge on any atom is 0.300 e. The second-order valence-electron chi connectivity index (χ2n) is 8.37. The normalized spacial score (nSPS) is 13.7. The van der Waals surface area contributed by atoms with Crippen LogP contribution < -0.4 is 20.5 Å². The van der Waals surface area contributed by atoms with E-state index in [-0.39, 0.29) is 23.7 Å². The van der Waals surface area contributed by atoms with E-state index in [4.69, 9.17) is 10.5 Å². The summed E-state index contributed by atoms with van der Waals surface area (Å²) in [6, 6.07) is 5.98. The third kappa shape index (κ3) is 6.33. The van der Waals surface area contributed by atoms with Crippen LogP contribution in [0.15, 0.2) is 36.5 Å². The number of nitrogens with zero attached hydrogens (tertiary/aromatic N) is 1. The molecule has 1 saturated heterocycles. The van der Waals surface area contributed by atoms with Gasteiger partial charge in [0.15, 0.2) is 23.3 Å². The highest BCUT2D eigenvalue weighted by atomic mass is 127. The molecule has 0 radical (unpaired) electrons. The molecule has 1 fully saturated rings. The van der Waals surface area contributed by atoms with E-state index in [0.29, 0.717) is 16.8 Å². The van der Waals surface area contributed by atoms with Crippen LogP contribution in [0.5, 0.6) is 0 Å². The molecule has 0 aliphatic carbocycles. The minimum Gasteiger partial charge on any atom is -0.381 e. The summed E-state index contributed by atoms with van der Waals surface area (Å²) in [5.74, 6) is -6.70. The van der Waals surface area contributed by atoms with Gasteiger partial charge in [-0.15, -0.1) is 0 Å². The lowest BCUT2D eigenvalue weighted by Gasteiger charge is -2.25. The van der Waals surface area contributed by atoms with Crippen LogP contribution in [0.25, 0.3) is 0 Å². The fourth-order valence-corrected chi connectivity index (χ4v) is 4.92. The number of benzene rings is 2. The maximum atomic E-state index is 15.1. The molecule has 1 aliphatic heterocycles. The Kier molecular flexibility index (Phi) is 8.39. The molecule has 1 amide bonds. The van der Waals surface area contributed by atoms with Crippen LogP contribution in [0.1, 0.15) is 21.5 Å². The molecule has 3 aromatic rings. The van der Waals surface area contributed by atoms with Gasteiger partial charge >= 0.3 is 0 Å². The van der Waals surface area contributed by atoms with E-state index in [9.17, 15) is 17.6 Å². The van der Waals surface area contributed by atoms with Gasteiger partial charge in [0, 0.05) is 28.7 Å². The predicted molar refractivity (Wildman–Crippen MR) is 139 cm³/mol. The monoisotopic (exact) mass is 665 g/mol. The summed E-state index contributed by atoms with van der Waals surface area (Å²) in [7, 11) is -4.19. The fraction of sp³-hybridized carbons (Fsp3) is 0.217. The minimum atomic E-state index is -4.19. The van der Waals surface area contributed by atoms with Gasteiger partial charge in [-0.3, -0.25) is 9.52 Å². The van der Waals surface area contributed by atoms with Crippen molar-refractivity contribution in [2.45, 2.75) is 6.42 Å². The fourth-order valence-electron chi connectivity index (χ4n) is 3.54. The average Bonchev–Trinajstić information content (AvgIpc) is 2.81. The lowest BCUT2D eigenvalue weighted by Crippen LogP contribution is -2.41. The molecule has 2 heterocycles. The average molecular weight is 665 g/mol. The van der Waals surface area contributed by atoms with Gasteiger partial charge in [0.1, 0.15) is 5.82 Å². The molecule has 4 rings (SSSR count). The topological polar surface area (TPSA) is 135 Å². The lowest BCUT2D eigenvalue weighted by atomic mass is 10.00. The SMILES string of the molecule is NC(=O)c1cc(Cc2ccnc(NS(=O)(=O)NCC3COC3)c2F)c(F)c(F)c1Nc1ccc(I)cc1F. The number of hydrogen-bond donors (Lipinski definition) is 4. The highest BCUT2D eigenvalue weighted by molar-refractivity contribution is 14.1. The Balaban J connectivity index is 1.61. The minimum absolute atomic E-state index is 0.00681. The smallest absolute Gasteiger partial charge is 0.300 e. The van der Waals surface area contributed by atoms with E-state index in [1.54, 1.807) is 0 Å². The van der Waals surface area contributed by atoms with Crippen molar-refractivity contribution in [3.63, 3.8) is 0 Å². The van der Waals surface area contributed by atoms with Crippen LogP contribution in [0.4, 0.5) is 34.8 Å². The Morgan fingerprint density at radius 2 is 1.82 bits per heavy atom. The second kappa shape index (κ2) is 11.4. The number of halogens is 5. The molecular formula is C23H20F4IN5O4S. The summed E-state index contributed by atoms with van der Waals surface area (Å²) in [6.45, 7) is 0.867. The molecule has 0 bridgehead atoms. The van der Waals surface area contributed by atoms with Crippen molar-refractivity contribution in [3.05, 3.63) is 80.1 Å². The number of hydrogen-bond acceptors (Lipinski definition) is 6. The number of nitrogens with two attached hydrogens (primary N) is 1. The molecule has 0 unspecified atom stereocenters. The third-order valence-corrected chi connectivity index (χ3v) is 7.27. The first-order valence-electron chi connectivity index (χ1n) is 11.0. The molecular weight excluding hydrogens is 645 g/mol. The molecule has 38 heavy (non-hydrogen) atoms. The Hall–Kier alpha value is -3.02. The van der Waals surface area contributed by atoms with Gasteiger partial charge in [-0.1, -0.05) is 0 Å². The van der Waals surface area contributed by atoms with Crippen LogP contribution >= 0.6 is 22.6 Å². The number of amides is 1. The largest absolute Gasteiger partial charge is 0.381 e. The van der Waals surface area contributed by atoms with Crippen molar-refractivity contribution < 1.29 is 35.5 Å². The molecule has 1 aliphatic rings. The summed E-state index contributed by atoms with van der Waals surface area (Å²) in [5.41, 5.74) is 3.24. The number of nitrogens with one attached hydrogen (secondary N) is 3. The first kappa shape index (κ1) is 28.0. The van der Waals surface area contributed by atoms with E-state index in [1.807, 2.05) is 27.3 Å². The van der Waals surface area contributed by atoms with E-state index in [0.717, 1.165) is 24.4 Å². The Labute approximate surface area is 228 Å². The summed E-state index contributed by atoms with van der Waals surface area (Å²) < 4.78 is 93.7. The Morgan fingerprint density at radius 3 is 2.45 bits per heavy atom. The zero-order valence-corrected chi connectivity index (χ0v) is 22.3. The standard InChI is InChI=1S/C23H20F4IN5O4S/c24-16-7-14(28)1-2-17(16)32-21-15(22(29)34)6-13(18(25)20(21)27)5-12-3-4-30-23(19(12)26)33-38(35,36)31-8-11-9-37-10-11/h1-4,6-7,11,31-32H,5,8-10H2,(H2,29,34)(H,30,33). The van der Waals surface area contributed by atoms with Crippen LogP contribution in [0, 0.1) is 32.8 Å². The van der Waals surface area contributed by atoms with Crippen molar-refractivity contribution in [1.82, 2.24) is 9.71 Å². The van der Waals surface area contributed by atoms with Gasteiger partial charge in [0.2, 0.25) is 0 Å². The van der Waals surface area contributed by atoms with Crippen LogP contribution in [0.2, 0.25) is 0 Å².